The van der Waals surface area contributed by atoms with Gasteiger partial charge in [0, 0.05) is 13.6 Å². The Kier molecular flexibility index (Phi) is 6.07. The highest BCUT2D eigenvalue weighted by atomic mass is 32.2. The zero-order valence-corrected chi connectivity index (χ0v) is 12.3. The first-order valence-corrected chi connectivity index (χ1v) is 7.47. The van der Waals surface area contributed by atoms with Gasteiger partial charge in [0.15, 0.2) is 0 Å². The first kappa shape index (κ1) is 15.7. The SMILES string of the molecule is CNCCCN(C)S(=O)(=O)Nc1ccccc1OC. The van der Waals surface area contributed by atoms with Crippen LogP contribution in [0.4, 0.5) is 5.69 Å². The average molecular weight is 287 g/mol. The van der Waals surface area contributed by atoms with Crippen LogP contribution in [0, 0.1) is 0 Å². The Balaban J connectivity index is 2.73. The number of anilines is 1. The largest absolute Gasteiger partial charge is 0.495 e. The lowest BCUT2D eigenvalue weighted by Gasteiger charge is -2.19. The Morgan fingerprint density at radius 1 is 1.32 bits per heavy atom. The van der Waals surface area contributed by atoms with E-state index in [0.29, 0.717) is 18.0 Å². The number of methoxy groups -OCH3 is 1. The molecule has 0 radical (unpaired) electrons. The summed E-state index contributed by atoms with van der Waals surface area (Å²) in [6.07, 6.45) is 0.750. The summed E-state index contributed by atoms with van der Waals surface area (Å²) in [6.45, 7) is 1.22. The summed E-state index contributed by atoms with van der Waals surface area (Å²) in [7, 11) is 1.34. The van der Waals surface area contributed by atoms with E-state index in [-0.39, 0.29) is 0 Å². The monoisotopic (exact) mass is 287 g/mol. The van der Waals surface area contributed by atoms with Crippen molar-refractivity contribution in [2.45, 2.75) is 6.42 Å². The zero-order chi connectivity index (χ0) is 14.3. The van der Waals surface area contributed by atoms with Crippen molar-refractivity contribution in [1.82, 2.24) is 9.62 Å². The van der Waals surface area contributed by atoms with Crippen molar-refractivity contribution < 1.29 is 13.2 Å². The van der Waals surface area contributed by atoms with E-state index in [4.69, 9.17) is 4.74 Å². The van der Waals surface area contributed by atoms with Crippen molar-refractivity contribution in [3.63, 3.8) is 0 Å². The van der Waals surface area contributed by atoms with E-state index in [1.165, 1.54) is 11.4 Å². The minimum Gasteiger partial charge on any atom is -0.495 e. The molecule has 0 spiro atoms. The highest BCUT2D eigenvalue weighted by Crippen LogP contribution is 2.24. The zero-order valence-electron chi connectivity index (χ0n) is 11.5. The molecule has 0 aliphatic heterocycles. The molecule has 0 heterocycles. The second-order valence-electron chi connectivity index (χ2n) is 4.09. The number of rotatable bonds is 8. The molecule has 0 unspecified atom stereocenters. The Morgan fingerprint density at radius 2 is 2.00 bits per heavy atom. The second-order valence-corrected chi connectivity index (χ2v) is 5.86. The number of benzene rings is 1. The first-order valence-electron chi connectivity index (χ1n) is 6.03. The molecule has 0 fully saturated rings. The highest BCUT2D eigenvalue weighted by molar-refractivity contribution is 7.90. The van der Waals surface area contributed by atoms with Crippen LogP contribution in [0.3, 0.4) is 0 Å². The number of ether oxygens (including phenoxy) is 1. The maximum atomic E-state index is 12.1. The molecule has 19 heavy (non-hydrogen) atoms. The molecule has 0 atom stereocenters. The first-order chi connectivity index (χ1) is 9.01. The van der Waals surface area contributed by atoms with Gasteiger partial charge in [-0.05, 0) is 32.1 Å². The van der Waals surface area contributed by atoms with Crippen LogP contribution in [0.1, 0.15) is 6.42 Å². The predicted octanol–water partition coefficient (Wildman–Crippen LogP) is 0.893. The van der Waals surface area contributed by atoms with Gasteiger partial charge in [-0.15, -0.1) is 0 Å². The van der Waals surface area contributed by atoms with E-state index in [1.54, 1.807) is 31.3 Å². The number of nitrogens with zero attached hydrogens (tertiary/aromatic N) is 1. The Labute approximate surface area is 114 Å². The summed E-state index contributed by atoms with van der Waals surface area (Å²) in [5, 5.41) is 2.98. The van der Waals surface area contributed by atoms with Crippen molar-refractivity contribution in [3.8, 4) is 5.75 Å². The molecule has 1 aromatic carbocycles. The number of hydrogen-bond donors (Lipinski definition) is 2. The average Bonchev–Trinajstić information content (AvgIpc) is 2.39. The van der Waals surface area contributed by atoms with Crippen molar-refractivity contribution in [1.29, 1.82) is 0 Å². The molecule has 2 N–H and O–H groups in total. The van der Waals surface area contributed by atoms with Crippen LogP contribution in [-0.2, 0) is 10.2 Å². The number of nitrogens with one attached hydrogen (secondary N) is 2. The van der Waals surface area contributed by atoms with Crippen molar-refractivity contribution in [2.24, 2.45) is 0 Å². The molecule has 0 bridgehead atoms. The maximum absolute atomic E-state index is 12.1. The van der Waals surface area contributed by atoms with Crippen LogP contribution in [0.15, 0.2) is 24.3 Å². The molecule has 1 aromatic rings. The molecule has 6 nitrogen and oxygen atoms in total. The second kappa shape index (κ2) is 7.32. The van der Waals surface area contributed by atoms with Crippen LogP contribution >= 0.6 is 0 Å². The summed E-state index contributed by atoms with van der Waals surface area (Å²) in [5.41, 5.74) is 0.436. The van der Waals surface area contributed by atoms with Gasteiger partial charge in [-0.2, -0.15) is 12.7 Å². The topological polar surface area (TPSA) is 70.7 Å². The molecule has 7 heteroatoms. The molecular formula is C12H21N3O3S. The fraction of sp³-hybridized carbons (Fsp3) is 0.500. The minimum atomic E-state index is -3.55. The van der Waals surface area contributed by atoms with Crippen molar-refractivity contribution >= 4 is 15.9 Å². The molecule has 0 amide bonds. The van der Waals surface area contributed by atoms with Gasteiger partial charge in [0.1, 0.15) is 5.75 Å². The van der Waals surface area contributed by atoms with Gasteiger partial charge in [0.25, 0.3) is 0 Å². The van der Waals surface area contributed by atoms with Gasteiger partial charge in [-0.25, -0.2) is 0 Å². The van der Waals surface area contributed by atoms with Crippen LogP contribution in [0.2, 0.25) is 0 Å². The standard InChI is InChI=1S/C12H21N3O3S/c1-13-9-6-10-15(2)19(16,17)14-11-7-4-5-8-12(11)18-3/h4-5,7-8,13-14H,6,9-10H2,1-3H3. The molecule has 108 valence electrons. The van der Waals surface area contributed by atoms with Crippen LogP contribution < -0.4 is 14.8 Å². The quantitative estimate of drug-likeness (QED) is 0.697. The predicted molar refractivity (Wildman–Crippen MR) is 76.7 cm³/mol. The normalized spacial score (nSPS) is 11.6. The third kappa shape index (κ3) is 4.70. The van der Waals surface area contributed by atoms with Crippen LogP contribution in [0.5, 0.6) is 5.75 Å². The number of hydrogen-bond acceptors (Lipinski definition) is 4. The molecule has 1 rings (SSSR count). The highest BCUT2D eigenvalue weighted by Gasteiger charge is 2.18. The van der Waals surface area contributed by atoms with E-state index in [0.717, 1.165) is 13.0 Å². The summed E-state index contributed by atoms with van der Waals surface area (Å²) in [4.78, 5) is 0. The summed E-state index contributed by atoms with van der Waals surface area (Å²) in [6, 6.07) is 6.91. The third-order valence-corrected chi connectivity index (χ3v) is 4.14. The lowest BCUT2D eigenvalue weighted by molar-refractivity contribution is 0.416. The summed E-state index contributed by atoms with van der Waals surface area (Å²) >= 11 is 0. The van der Waals surface area contributed by atoms with E-state index in [1.807, 2.05) is 7.05 Å². The van der Waals surface area contributed by atoms with E-state index >= 15 is 0 Å². The number of para-hydroxylation sites is 2. The van der Waals surface area contributed by atoms with Crippen LogP contribution in [0.25, 0.3) is 0 Å². The third-order valence-electron chi connectivity index (χ3n) is 2.66. The Hall–Kier alpha value is -1.31. The van der Waals surface area contributed by atoms with Gasteiger partial charge in [0.2, 0.25) is 0 Å². The molecule has 0 saturated heterocycles. The van der Waals surface area contributed by atoms with Gasteiger partial charge in [-0.1, -0.05) is 12.1 Å². The Bertz CT molecular complexity index is 491. The molecule has 0 aliphatic rings. The Morgan fingerprint density at radius 3 is 2.63 bits per heavy atom. The van der Waals surface area contributed by atoms with Gasteiger partial charge < -0.3 is 10.1 Å². The summed E-state index contributed by atoms with van der Waals surface area (Å²) < 4.78 is 33.1. The summed E-state index contributed by atoms with van der Waals surface area (Å²) in [5.74, 6) is 0.495. The fourth-order valence-electron chi connectivity index (χ4n) is 1.54. The van der Waals surface area contributed by atoms with Gasteiger partial charge in [-0.3, -0.25) is 4.72 Å². The molecule has 0 saturated carbocycles. The van der Waals surface area contributed by atoms with Gasteiger partial charge in [0.05, 0.1) is 12.8 Å². The van der Waals surface area contributed by atoms with Crippen molar-refractivity contribution in [3.05, 3.63) is 24.3 Å². The molecular weight excluding hydrogens is 266 g/mol. The molecule has 0 aromatic heterocycles. The maximum Gasteiger partial charge on any atom is 0.301 e. The molecule has 0 aliphatic carbocycles. The smallest absolute Gasteiger partial charge is 0.301 e. The van der Waals surface area contributed by atoms with Crippen molar-refractivity contribution in [2.75, 3.05) is 39.0 Å². The van der Waals surface area contributed by atoms with Crippen LogP contribution in [-0.4, -0.2) is 47.0 Å². The van der Waals surface area contributed by atoms with Gasteiger partial charge >= 0.3 is 10.2 Å². The van der Waals surface area contributed by atoms with E-state index in [2.05, 4.69) is 10.0 Å². The minimum absolute atomic E-state index is 0.436. The van der Waals surface area contributed by atoms with E-state index in [9.17, 15) is 8.42 Å². The van der Waals surface area contributed by atoms with E-state index < -0.39 is 10.2 Å². The lowest BCUT2D eigenvalue weighted by atomic mass is 10.3. The fourth-order valence-corrected chi connectivity index (χ4v) is 2.52. The lowest BCUT2D eigenvalue weighted by Crippen LogP contribution is -2.34.